The Morgan fingerprint density at radius 1 is 1.04 bits per heavy atom. The predicted octanol–water partition coefficient (Wildman–Crippen LogP) is 1.61. The Balaban J connectivity index is 0.00000182. The quantitative estimate of drug-likeness (QED) is 0.742. The molecule has 25 heavy (non-hydrogen) atoms. The van der Waals surface area contributed by atoms with Gasteiger partial charge < -0.3 is 10.2 Å². The van der Waals surface area contributed by atoms with Gasteiger partial charge in [-0.15, -0.1) is 12.4 Å². The van der Waals surface area contributed by atoms with Crippen molar-refractivity contribution in [1.29, 1.82) is 0 Å². The number of nitrogens with zero attached hydrogens (tertiary/aromatic N) is 1. The van der Waals surface area contributed by atoms with E-state index in [9.17, 15) is 9.18 Å². The topological polar surface area (TPSA) is 56.4 Å². The number of amides is 1. The highest BCUT2D eigenvalue weighted by Crippen LogP contribution is 2.28. The summed E-state index contributed by atoms with van der Waals surface area (Å²) in [5.74, 6) is 1.41. The van der Waals surface area contributed by atoms with Gasteiger partial charge in [0.1, 0.15) is 11.9 Å². The average Bonchev–Trinajstić information content (AvgIpc) is 3.21. The number of rotatable bonds is 2. The van der Waals surface area contributed by atoms with E-state index in [0.717, 1.165) is 56.4 Å². The molecule has 3 aliphatic heterocycles. The molecule has 3 aliphatic rings. The summed E-state index contributed by atoms with van der Waals surface area (Å²) in [4.78, 5) is 14.9. The van der Waals surface area contributed by atoms with E-state index in [2.05, 4.69) is 16.2 Å². The molecule has 4 atom stereocenters. The average molecular weight is 369 g/mol. The van der Waals surface area contributed by atoms with Crippen LogP contribution in [0, 0.1) is 17.7 Å². The van der Waals surface area contributed by atoms with Gasteiger partial charge in [-0.3, -0.25) is 4.79 Å². The minimum atomic E-state index is -0.234. The van der Waals surface area contributed by atoms with Crippen LogP contribution in [0.3, 0.4) is 0 Å². The van der Waals surface area contributed by atoms with Gasteiger partial charge in [0.05, 0.1) is 0 Å². The van der Waals surface area contributed by atoms with Crippen LogP contribution in [0.4, 0.5) is 4.39 Å². The van der Waals surface area contributed by atoms with Gasteiger partial charge in [-0.2, -0.15) is 0 Å². The van der Waals surface area contributed by atoms with Crippen LogP contribution in [0.5, 0.6) is 0 Å². The minimum absolute atomic E-state index is 0. The van der Waals surface area contributed by atoms with E-state index < -0.39 is 0 Å². The van der Waals surface area contributed by atoms with E-state index in [-0.39, 0.29) is 36.2 Å². The monoisotopic (exact) mass is 368 g/mol. The lowest BCUT2D eigenvalue weighted by atomic mass is 9.92. The molecule has 0 radical (unpaired) electrons. The third-order valence-corrected chi connectivity index (χ3v) is 5.80. The third kappa shape index (κ3) is 3.97. The molecule has 0 saturated carbocycles. The molecular formula is C18H26ClFN4O. The number of fused-ring (bicyclic) bond motifs is 1. The van der Waals surface area contributed by atoms with Gasteiger partial charge in [0, 0.05) is 19.1 Å². The molecule has 2 unspecified atom stereocenters. The summed E-state index contributed by atoms with van der Waals surface area (Å²) in [6.45, 7) is 3.92. The molecular weight excluding hydrogens is 343 g/mol. The zero-order valence-electron chi connectivity index (χ0n) is 14.2. The first-order valence-corrected chi connectivity index (χ1v) is 8.97. The van der Waals surface area contributed by atoms with Crippen molar-refractivity contribution in [1.82, 2.24) is 21.1 Å². The highest BCUT2D eigenvalue weighted by molar-refractivity contribution is 5.85. The maximum Gasteiger partial charge on any atom is 0.241 e. The summed E-state index contributed by atoms with van der Waals surface area (Å²) < 4.78 is 13.1. The number of hydrogen-bond acceptors (Lipinski definition) is 4. The zero-order chi connectivity index (χ0) is 16.5. The van der Waals surface area contributed by atoms with Crippen LogP contribution < -0.4 is 16.2 Å². The normalized spacial score (nSPS) is 32.0. The van der Waals surface area contributed by atoms with Gasteiger partial charge in [-0.1, -0.05) is 12.1 Å². The fourth-order valence-corrected chi connectivity index (χ4v) is 4.29. The van der Waals surface area contributed by atoms with Gasteiger partial charge in [0.2, 0.25) is 5.91 Å². The summed E-state index contributed by atoms with van der Waals surface area (Å²) in [6, 6.07) is 6.34. The van der Waals surface area contributed by atoms with Crippen LogP contribution in [0.25, 0.3) is 0 Å². The summed E-state index contributed by atoms with van der Waals surface area (Å²) in [5, 5.41) is 3.47. The van der Waals surface area contributed by atoms with Crippen LogP contribution in [-0.4, -0.2) is 43.0 Å². The first kappa shape index (κ1) is 18.6. The largest absolute Gasteiger partial charge is 0.341 e. The van der Waals surface area contributed by atoms with Gasteiger partial charge in [0.25, 0.3) is 0 Å². The summed E-state index contributed by atoms with van der Waals surface area (Å²) in [7, 11) is 0. The van der Waals surface area contributed by atoms with Crippen molar-refractivity contribution in [3.8, 4) is 0 Å². The Bertz CT molecular complexity index is 585. The van der Waals surface area contributed by atoms with Crippen molar-refractivity contribution < 1.29 is 9.18 Å². The number of halogens is 2. The van der Waals surface area contributed by atoms with Crippen LogP contribution >= 0.6 is 12.4 Å². The molecule has 3 N–H and O–H groups in total. The van der Waals surface area contributed by atoms with Gasteiger partial charge >= 0.3 is 0 Å². The number of benzene rings is 1. The van der Waals surface area contributed by atoms with Crippen molar-refractivity contribution in [2.24, 2.45) is 11.8 Å². The first-order chi connectivity index (χ1) is 11.7. The fraction of sp³-hybridized carbons (Fsp3) is 0.611. The number of likely N-dealkylation sites (tertiary alicyclic amines) is 1. The van der Waals surface area contributed by atoms with E-state index in [1.165, 1.54) is 12.1 Å². The molecule has 1 amide bonds. The SMILES string of the molecule is Cl.O=C(C1CC(c2ccc(F)cc2)NN1)N1CC[C@@H]2CNC[C@@H]2CC1. The minimum Gasteiger partial charge on any atom is -0.341 e. The van der Waals surface area contributed by atoms with Crippen LogP contribution in [0.1, 0.15) is 30.9 Å². The summed E-state index contributed by atoms with van der Waals surface area (Å²) in [6.07, 6.45) is 2.91. The molecule has 1 aromatic rings. The number of hydrogen-bond donors (Lipinski definition) is 3. The molecule has 138 valence electrons. The number of hydrazine groups is 1. The van der Waals surface area contributed by atoms with Gasteiger partial charge in [-0.25, -0.2) is 15.2 Å². The van der Waals surface area contributed by atoms with E-state index in [0.29, 0.717) is 6.42 Å². The molecule has 0 bridgehead atoms. The molecule has 1 aromatic carbocycles. The van der Waals surface area contributed by atoms with Crippen molar-refractivity contribution in [3.63, 3.8) is 0 Å². The van der Waals surface area contributed by atoms with Crippen molar-refractivity contribution >= 4 is 18.3 Å². The lowest BCUT2D eigenvalue weighted by molar-refractivity contribution is -0.133. The second kappa shape index (κ2) is 7.99. The molecule has 3 saturated heterocycles. The zero-order valence-corrected chi connectivity index (χ0v) is 15.0. The lowest BCUT2D eigenvalue weighted by Gasteiger charge is -2.24. The molecule has 5 nitrogen and oxygen atoms in total. The van der Waals surface area contributed by atoms with Crippen molar-refractivity contribution in [2.45, 2.75) is 31.3 Å². The Hall–Kier alpha value is -1.21. The van der Waals surface area contributed by atoms with Gasteiger partial charge in [-0.05, 0) is 61.9 Å². The number of carbonyl (C=O) groups is 1. The number of nitrogens with one attached hydrogen (secondary N) is 3. The van der Waals surface area contributed by atoms with Crippen molar-refractivity contribution in [2.75, 3.05) is 26.2 Å². The lowest BCUT2D eigenvalue weighted by Crippen LogP contribution is -2.46. The Labute approximate surface area is 154 Å². The van der Waals surface area contributed by atoms with Crippen LogP contribution in [-0.2, 0) is 4.79 Å². The maximum absolute atomic E-state index is 13.1. The Kier molecular flexibility index (Phi) is 5.94. The predicted molar refractivity (Wildman–Crippen MR) is 96.7 cm³/mol. The molecule has 3 fully saturated rings. The Morgan fingerprint density at radius 2 is 1.68 bits per heavy atom. The summed E-state index contributed by atoms with van der Waals surface area (Å²) in [5.41, 5.74) is 7.34. The maximum atomic E-state index is 13.1. The molecule has 0 aromatic heterocycles. The first-order valence-electron chi connectivity index (χ1n) is 8.97. The molecule has 7 heteroatoms. The number of carbonyl (C=O) groups excluding carboxylic acids is 1. The molecule has 4 rings (SSSR count). The van der Waals surface area contributed by atoms with E-state index >= 15 is 0 Å². The van der Waals surface area contributed by atoms with Crippen LogP contribution in [0.2, 0.25) is 0 Å². The van der Waals surface area contributed by atoms with E-state index in [1.54, 1.807) is 12.1 Å². The van der Waals surface area contributed by atoms with Crippen molar-refractivity contribution in [3.05, 3.63) is 35.6 Å². The van der Waals surface area contributed by atoms with Crippen LogP contribution in [0.15, 0.2) is 24.3 Å². The molecule has 0 spiro atoms. The fourth-order valence-electron chi connectivity index (χ4n) is 4.29. The second-order valence-corrected chi connectivity index (χ2v) is 7.26. The van der Waals surface area contributed by atoms with E-state index in [4.69, 9.17) is 0 Å². The highest BCUT2D eigenvalue weighted by Gasteiger charge is 2.36. The second-order valence-electron chi connectivity index (χ2n) is 7.26. The standard InChI is InChI=1S/C18H25FN4O.ClH/c19-15-3-1-12(2-4-15)16-9-17(22-21-16)18(24)23-7-5-13-10-20-11-14(13)6-8-23;/h1-4,13-14,16-17,20-22H,5-11H2;1H/t13-,14+,16?,17?;. The molecule has 0 aliphatic carbocycles. The van der Waals surface area contributed by atoms with Gasteiger partial charge in [0.15, 0.2) is 0 Å². The smallest absolute Gasteiger partial charge is 0.241 e. The Morgan fingerprint density at radius 3 is 2.32 bits per heavy atom. The van der Waals surface area contributed by atoms with E-state index in [1.807, 2.05) is 4.90 Å². The third-order valence-electron chi connectivity index (χ3n) is 5.80. The molecule has 3 heterocycles. The highest BCUT2D eigenvalue weighted by atomic mass is 35.5. The summed E-state index contributed by atoms with van der Waals surface area (Å²) >= 11 is 0.